The zero-order valence-corrected chi connectivity index (χ0v) is 11.2. The number of carboxylic acid groups (broad SMARTS) is 1. The minimum Gasteiger partial charge on any atom is -0.489 e. The molecule has 0 unspecified atom stereocenters. The van der Waals surface area contributed by atoms with E-state index in [0.717, 1.165) is 18.4 Å². The van der Waals surface area contributed by atoms with Crippen LogP contribution in [0, 0.1) is 5.41 Å². The summed E-state index contributed by atoms with van der Waals surface area (Å²) in [4.78, 5) is 10.8. The number of hydrogen-bond donors (Lipinski definition) is 1. The number of carboxylic acids is 1. The molecule has 0 radical (unpaired) electrons. The van der Waals surface area contributed by atoms with E-state index in [1.54, 1.807) is 6.07 Å². The maximum atomic E-state index is 10.8. The Morgan fingerprint density at radius 2 is 1.90 bits per heavy atom. The molecule has 1 aliphatic carbocycles. The summed E-state index contributed by atoms with van der Waals surface area (Å²) < 4.78 is 16.4. The van der Waals surface area contributed by atoms with Crippen molar-refractivity contribution in [1.82, 2.24) is 5.16 Å². The first kappa shape index (κ1) is 12.3. The summed E-state index contributed by atoms with van der Waals surface area (Å²) in [6.07, 6.45) is 2.28. The number of carbonyl (C=O) groups is 1. The summed E-state index contributed by atoms with van der Waals surface area (Å²) in [5.74, 6) is 0.0495. The van der Waals surface area contributed by atoms with Crippen LogP contribution in [0.4, 0.5) is 0 Å². The zero-order chi connectivity index (χ0) is 14.4. The fourth-order valence-corrected chi connectivity index (χ4v) is 2.38. The van der Waals surface area contributed by atoms with Gasteiger partial charge >= 0.3 is 5.97 Å². The van der Waals surface area contributed by atoms with E-state index in [0.29, 0.717) is 30.4 Å². The largest absolute Gasteiger partial charge is 0.489 e. The van der Waals surface area contributed by atoms with E-state index < -0.39 is 5.97 Å². The lowest BCUT2D eigenvalue weighted by molar-refractivity contribution is 0.0652. The molecule has 4 rings (SSSR count). The van der Waals surface area contributed by atoms with Crippen LogP contribution in [0.3, 0.4) is 0 Å². The quantitative estimate of drug-likeness (QED) is 0.914. The van der Waals surface area contributed by atoms with Gasteiger partial charge in [0.2, 0.25) is 5.76 Å². The molecule has 2 heterocycles. The molecule has 2 aromatic rings. The molecule has 0 saturated heterocycles. The van der Waals surface area contributed by atoms with Crippen LogP contribution in [0.1, 0.15) is 23.4 Å². The molecule has 1 N–H and O–H groups in total. The highest BCUT2D eigenvalue weighted by Crippen LogP contribution is 2.49. The Balaban J connectivity index is 1.65. The molecule has 1 saturated carbocycles. The number of aromatic nitrogens is 1. The van der Waals surface area contributed by atoms with Crippen LogP contribution in [-0.2, 0) is 0 Å². The third kappa shape index (κ3) is 2.12. The van der Waals surface area contributed by atoms with Crippen molar-refractivity contribution in [2.45, 2.75) is 12.8 Å². The Hall–Kier alpha value is -2.50. The number of aromatic carboxylic acids is 1. The standard InChI is InChI=1S/C15H13NO5/c17-14(18)13-6-10(16-21-13)9-1-2-11-12(5-9)20-8-15(3-4-15)7-19-11/h1-2,5-6H,3-4,7-8H2,(H,17,18). The second kappa shape index (κ2) is 4.25. The lowest BCUT2D eigenvalue weighted by atomic mass is 10.1. The summed E-state index contributed by atoms with van der Waals surface area (Å²) in [6, 6.07) is 6.84. The van der Waals surface area contributed by atoms with Crippen molar-refractivity contribution < 1.29 is 23.9 Å². The van der Waals surface area contributed by atoms with Gasteiger partial charge in [0.05, 0.1) is 13.2 Å². The highest BCUT2D eigenvalue weighted by molar-refractivity contribution is 5.85. The fraction of sp³-hybridized carbons (Fsp3) is 0.333. The Bertz CT molecular complexity index is 717. The van der Waals surface area contributed by atoms with Crippen LogP contribution in [0.2, 0.25) is 0 Å². The molecule has 1 fully saturated rings. The molecule has 6 heteroatoms. The first-order valence-electron chi connectivity index (χ1n) is 6.75. The third-order valence-corrected chi connectivity index (χ3v) is 3.99. The molecule has 1 aromatic carbocycles. The van der Waals surface area contributed by atoms with Gasteiger partial charge in [-0.2, -0.15) is 0 Å². The molecule has 0 atom stereocenters. The van der Waals surface area contributed by atoms with Crippen LogP contribution < -0.4 is 9.47 Å². The van der Waals surface area contributed by atoms with Gasteiger partial charge in [0.25, 0.3) is 0 Å². The summed E-state index contributed by atoms with van der Waals surface area (Å²) in [5.41, 5.74) is 1.38. The van der Waals surface area contributed by atoms with E-state index in [4.69, 9.17) is 19.1 Å². The maximum Gasteiger partial charge on any atom is 0.374 e. The van der Waals surface area contributed by atoms with E-state index in [9.17, 15) is 4.79 Å². The molecular formula is C15H13NO5. The smallest absolute Gasteiger partial charge is 0.374 e. The Labute approximate surface area is 120 Å². The van der Waals surface area contributed by atoms with Crippen molar-refractivity contribution in [2.24, 2.45) is 5.41 Å². The van der Waals surface area contributed by atoms with Crippen molar-refractivity contribution in [3.63, 3.8) is 0 Å². The Morgan fingerprint density at radius 1 is 1.14 bits per heavy atom. The molecule has 6 nitrogen and oxygen atoms in total. The van der Waals surface area contributed by atoms with Gasteiger partial charge in [-0.05, 0) is 31.0 Å². The Morgan fingerprint density at radius 3 is 2.57 bits per heavy atom. The monoisotopic (exact) mass is 287 g/mol. The van der Waals surface area contributed by atoms with Crippen molar-refractivity contribution in [3.05, 3.63) is 30.0 Å². The summed E-state index contributed by atoms with van der Waals surface area (Å²) in [5, 5.41) is 12.6. The van der Waals surface area contributed by atoms with Gasteiger partial charge in [0.15, 0.2) is 11.5 Å². The first-order chi connectivity index (χ1) is 10.2. The van der Waals surface area contributed by atoms with E-state index in [1.807, 2.05) is 12.1 Å². The highest BCUT2D eigenvalue weighted by Gasteiger charge is 2.46. The van der Waals surface area contributed by atoms with Gasteiger partial charge in [0.1, 0.15) is 5.69 Å². The summed E-state index contributed by atoms with van der Waals surface area (Å²) in [6.45, 7) is 1.34. The Kier molecular flexibility index (Phi) is 2.48. The van der Waals surface area contributed by atoms with Gasteiger partial charge in [-0.15, -0.1) is 0 Å². The zero-order valence-electron chi connectivity index (χ0n) is 11.2. The molecular weight excluding hydrogens is 274 g/mol. The van der Waals surface area contributed by atoms with Crippen molar-refractivity contribution >= 4 is 5.97 Å². The van der Waals surface area contributed by atoms with Gasteiger partial charge < -0.3 is 19.1 Å². The molecule has 2 aliphatic rings. The maximum absolute atomic E-state index is 10.8. The van der Waals surface area contributed by atoms with E-state index >= 15 is 0 Å². The number of fused-ring (bicyclic) bond motifs is 1. The predicted molar refractivity (Wildman–Crippen MR) is 71.6 cm³/mol. The molecule has 0 amide bonds. The van der Waals surface area contributed by atoms with E-state index in [1.165, 1.54) is 6.07 Å². The molecule has 1 aliphatic heterocycles. The molecule has 108 valence electrons. The molecule has 1 spiro atoms. The second-order valence-corrected chi connectivity index (χ2v) is 5.62. The number of hydrogen-bond acceptors (Lipinski definition) is 5. The van der Waals surface area contributed by atoms with Gasteiger partial charge in [0, 0.05) is 17.0 Å². The number of rotatable bonds is 2. The van der Waals surface area contributed by atoms with Gasteiger partial charge in [-0.25, -0.2) is 4.79 Å². The first-order valence-corrected chi connectivity index (χ1v) is 6.75. The van der Waals surface area contributed by atoms with Crippen LogP contribution in [0.25, 0.3) is 11.3 Å². The SMILES string of the molecule is O=C(O)c1cc(-c2ccc3c(c2)OCC2(CC2)CO3)no1. The third-order valence-electron chi connectivity index (χ3n) is 3.99. The number of nitrogens with zero attached hydrogens (tertiary/aromatic N) is 1. The minimum absolute atomic E-state index is 0.184. The number of ether oxygens (including phenoxy) is 2. The topological polar surface area (TPSA) is 81.8 Å². The van der Waals surface area contributed by atoms with E-state index in [2.05, 4.69) is 5.16 Å². The number of benzene rings is 1. The van der Waals surface area contributed by atoms with E-state index in [-0.39, 0.29) is 11.2 Å². The molecule has 0 bridgehead atoms. The van der Waals surface area contributed by atoms with Gasteiger partial charge in [-0.3, -0.25) is 0 Å². The average molecular weight is 287 g/mol. The van der Waals surface area contributed by atoms with Crippen molar-refractivity contribution in [2.75, 3.05) is 13.2 Å². The normalized spacial score (nSPS) is 18.3. The van der Waals surface area contributed by atoms with Crippen molar-refractivity contribution in [1.29, 1.82) is 0 Å². The predicted octanol–water partition coefficient (Wildman–Crippen LogP) is 2.59. The van der Waals surface area contributed by atoms with Gasteiger partial charge in [-0.1, -0.05) is 5.16 Å². The van der Waals surface area contributed by atoms with Crippen molar-refractivity contribution in [3.8, 4) is 22.8 Å². The molecule has 21 heavy (non-hydrogen) atoms. The summed E-state index contributed by atoms with van der Waals surface area (Å²) >= 11 is 0. The van der Waals surface area contributed by atoms with Crippen LogP contribution >= 0.6 is 0 Å². The van der Waals surface area contributed by atoms with Crippen LogP contribution in [0.5, 0.6) is 11.5 Å². The second-order valence-electron chi connectivity index (χ2n) is 5.62. The highest BCUT2D eigenvalue weighted by atomic mass is 16.5. The lowest BCUT2D eigenvalue weighted by Crippen LogP contribution is -2.17. The summed E-state index contributed by atoms with van der Waals surface area (Å²) in [7, 11) is 0. The lowest BCUT2D eigenvalue weighted by Gasteiger charge is -2.08. The van der Waals surface area contributed by atoms with Crippen LogP contribution in [-0.4, -0.2) is 29.4 Å². The fourth-order valence-electron chi connectivity index (χ4n) is 2.38. The van der Waals surface area contributed by atoms with Crippen LogP contribution in [0.15, 0.2) is 28.8 Å². The average Bonchev–Trinajstić information content (AvgIpc) is 3.13. The minimum atomic E-state index is -1.14. The molecule has 1 aromatic heterocycles.